The summed E-state index contributed by atoms with van der Waals surface area (Å²) in [4.78, 5) is 5.14. The third kappa shape index (κ3) is 3.43. The van der Waals surface area contributed by atoms with E-state index in [4.69, 9.17) is 4.98 Å². The van der Waals surface area contributed by atoms with E-state index in [1.54, 1.807) is 0 Å². The maximum absolute atomic E-state index is 5.14. The van der Waals surface area contributed by atoms with Gasteiger partial charge >= 0.3 is 0 Å². The van der Waals surface area contributed by atoms with Gasteiger partial charge in [-0.05, 0) is 79.5 Å². The number of nitrogens with zero attached hydrogens (tertiary/aromatic N) is 1. The predicted molar refractivity (Wildman–Crippen MR) is 179 cm³/mol. The molecule has 1 aliphatic carbocycles. The van der Waals surface area contributed by atoms with Crippen LogP contribution in [0.4, 0.5) is 0 Å². The average Bonchev–Trinajstić information content (AvgIpc) is 3.38. The van der Waals surface area contributed by atoms with E-state index in [9.17, 15) is 0 Å². The Morgan fingerprint density at radius 3 is 1.79 bits per heavy atom. The molecule has 0 spiro atoms. The summed E-state index contributed by atoms with van der Waals surface area (Å²) in [5, 5.41) is 4.83. The lowest BCUT2D eigenvalue weighted by Crippen LogP contribution is -2.28. The first-order valence-corrected chi connectivity index (χ1v) is 14.9. The molecule has 0 bridgehead atoms. The molecule has 0 amide bonds. The standard InChI is InChI=1S/C42H27N/c1-3-14-30(15-4-1)42(31-16-5-2-6-17-31)38-21-11-10-20-34(38)35-24-23-28(26-39(35)42)36-27-41-37(33-19-9-8-18-32(33)36)25-29-13-7-12-22-40(29)43-41/h1-27H. The molecule has 1 aromatic heterocycles. The van der Waals surface area contributed by atoms with Crippen molar-refractivity contribution < 1.29 is 0 Å². The number of rotatable bonds is 3. The second kappa shape index (κ2) is 9.24. The van der Waals surface area contributed by atoms with Crippen molar-refractivity contribution in [2.24, 2.45) is 0 Å². The number of pyridine rings is 1. The molecule has 0 unspecified atom stereocenters. The van der Waals surface area contributed by atoms with Crippen LogP contribution in [0.3, 0.4) is 0 Å². The predicted octanol–water partition coefficient (Wildman–Crippen LogP) is 10.6. The summed E-state index contributed by atoms with van der Waals surface area (Å²) in [5.74, 6) is 0. The van der Waals surface area contributed by atoms with Crippen molar-refractivity contribution in [3.05, 3.63) is 186 Å². The second-order valence-corrected chi connectivity index (χ2v) is 11.5. The van der Waals surface area contributed by atoms with E-state index in [1.165, 1.54) is 66.1 Å². The maximum Gasteiger partial charge on any atom is 0.0722 e. The molecule has 0 atom stereocenters. The average molecular weight is 546 g/mol. The van der Waals surface area contributed by atoms with Crippen LogP contribution in [0, 0.1) is 0 Å². The van der Waals surface area contributed by atoms with Crippen molar-refractivity contribution in [1.29, 1.82) is 0 Å². The Hall–Kier alpha value is -5.53. The third-order valence-electron chi connectivity index (χ3n) is 9.31. The zero-order chi connectivity index (χ0) is 28.4. The van der Waals surface area contributed by atoms with E-state index in [2.05, 4.69) is 164 Å². The minimum absolute atomic E-state index is 0.425. The maximum atomic E-state index is 5.14. The summed E-state index contributed by atoms with van der Waals surface area (Å²) in [6.07, 6.45) is 0. The van der Waals surface area contributed by atoms with Gasteiger partial charge in [-0.15, -0.1) is 0 Å². The van der Waals surface area contributed by atoms with Crippen molar-refractivity contribution in [2.45, 2.75) is 5.41 Å². The summed E-state index contributed by atoms with van der Waals surface area (Å²) >= 11 is 0. The minimum atomic E-state index is -0.425. The Balaban J connectivity index is 1.38. The van der Waals surface area contributed by atoms with Crippen molar-refractivity contribution in [3.63, 3.8) is 0 Å². The lowest BCUT2D eigenvalue weighted by atomic mass is 9.67. The molecule has 0 saturated heterocycles. The van der Waals surface area contributed by atoms with Crippen LogP contribution in [0.2, 0.25) is 0 Å². The van der Waals surface area contributed by atoms with Gasteiger partial charge in [0.2, 0.25) is 0 Å². The Kier molecular flexibility index (Phi) is 5.18. The quantitative estimate of drug-likeness (QED) is 0.159. The molecule has 9 rings (SSSR count). The second-order valence-electron chi connectivity index (χ2n) is 11.5. The first-order chi connectivity index (χ1) is 21.3. The van der Waals surface area contributed by atoms with E-state index < -0.39 is 5.41 Å². The number of hydrogen-bond acceptors (Lipinski definition) is 1. The van der Waals surface area contributed by atoms with Gasteiger partial charge in [-0.3, -0.25) is 0 Å². The fourth-order valence-corrected chi connectivity index (χ4v) is 7.47. The van der Waals surface area contributed by atoms with E-state index in [-0.39, 0.29) is 0 Å². The molecule has 7 aromatic carbocycles. The molecule has 200 valence electrons. The van der Waals surface area contributed by atoms with Crippen LogP contribution in [0.15, 0.2) is 164 Å². The fourth-order valence-electron chi connectivity index (χ4n) is 7.47. The molecule has 0 aliphatic heterocycles. The first kappa shape index (κ1) is 24.1. The van der Waals surface area contributed by atoms with Crippen LogP contribution >= 0.6 is 0 Å². The summed E-state index contributed by atoms with van der Waals surface area (Å²) in [7, 11) is 0. The van der Waals surface area contributed by atoms with Gasteiger partial charge in [0.25, 0.3) is 0 Å². The molecule has 1 heteroatoms. The number of para-hydroxylation sites is 1. The Morgan fingerprint density at radius 1 is 0.372 bits per heavy atom. The summed E-state index contributed by atoms with van der Waals surface area (Å²) in [6, 6.07) is 59.8. The number of fused-ring (bicyclic) bond motifs is 7. The van der Waals surface area contributed by atoms with Gasteiger partial charge in [-0.1, -0.05) is 140 Å². The van der Waals surface area contributed by atoms with Gasteiger partial charge < -0.3 is 0 Å². The van der Waals surface area contributed by atoms with Gasteiger partial charge in [-0.25, -0.2) is 4.98 Å². The van der Waals surface area contributed by atoms with Crippen LogP contribution in [-0.2, 0) is 5.41 Å². The SMILES string of the molecule is c1ccc(C2(c3ccccc3)c3ccccc3-c3ccc(-c4cc5nc6ccccc6cc5c5ccccc45)cc32)cc1. The molecule has 8 aromatic rings. The highest BCUT2D eigenvalue weighted by molar-refractivity contribution is 6.15. The summed E-state index contributed by atoms with van der Waals surface area (Å²) < 4.78 is 0. The first-order valence-electron chi connectivity index (χ1n) is 14.9. The Labute approximate surface area is 250 Å². The molecule has 43 heavy (non-hydrogen) atoms. The van der Waals surface area contributed by atoms with Crippen molar-refractivity contribution in [2.75, 3.05) is 0 Å². The molecule has 0 N–H and O–H groups in total. The van der Waals surface area contributed by atoms with Crippen LogP contribution in [0.1, 0.15) is 22.3 Å². The monoisotopic (exact) mass is 545 g/mol. The lowest BCUT2D eigenvalue weighted by molar-refractivity contribution is 0.769. The highest BCUT2D eigenvalue weighted by Crippen LogP contribution is 2.56. The summed E-state index contributed by atoms with van der Waals surface area (Å²) in [5.41, 5.74) is 11.8. The molecule has 0 radical (unpaired) electrons. The van der Waals surface area contributed by atoms with Gasteiger partial charge in [0, 0.05) is 10.8 Å². The van der Waals surface area contributed by atoms with E-state index in [0.29, 0.717) is 0 Å². The van der Waals surface area contributed by atoms with Gasteiger partial charge in [0.1, 0.15) is 0 Å². The fraction of sp³-hybridized carbons (Fsp3) is 0.0238. The summed E-state index contributed by atoms with van der Waals surface area (Å²) in [6.45, 7) is 0. The van der Waals surface area contributed by atoms with E-state index in [1.807, 2.05) is 0 Å². The smallest absolute Gasteiger partial charge is 0.0722 e. The number of benzene rings is 7. The Bertz CT molecular complexity index is 2290. The third-order valence-corrected chi connectivity index (χ3v) is 9.31. The van der Waals surface area contributed by atoms with Crippen LogP contribution < -0.4 is 0 Å². The molecule has 1 aliphatic rings. The van der Waals surface area contributed by atoms with Crippen molar-refractivity contribution >= 4 is 32.6 Å². The molecular weight excluding hydrogens is 518 g/mol. The topological polar surface area (TPSA) is 12.9 Å². The van der Waals surface area contributed by atoms with Crippen molar-refractivity contribution in [3.8, 4) is 22.3 Å². The highest BCUT2D eigenvalue weighted by Gasteiger charge is 2.46. The molecule has 0 saturated carbocycles. The van der Waals surface area contributed by atoms with E-state index in [0.717, 1.165) is 11.0 Å². The molecular formula is C42H27N. The number of aromatic nitrogens is 1. The van der Waals surface area contributed by atoms with Crippen LogP contribution in [0.25, 0.3) is 54.8 Å². The zero-order valence-corrected chi connectivity index (χ0v) is 23.5. The number of hydrogen-bond donors (Lipinski definition) is 0. The molecule has 1 heterocycles. The van der Waals surface area contributed by atoms with E-state index >= 15 is 0 Å². The van der Waals surface area contributed by atoms with Crippen LogP contribution in [-0.4, -0.2) is 4.98 Å². The minimum Gasteiger partial charge on any atom is -0.248 e. The van der Waals surface area contributed by atoms with Gasteiger partial charge in [-0.2, -0.15) is 0 Å². The van der Waals surface area contributed by atoms with Crippen molar-refractivity contribution in [1.82, 2.24) is 4.98 Å². The van der Waals surface area contributed by atoms with Gasteiger partial charge in [0.05, 0.1) is 16.4 Å². The zero-order valence-electron chi connectivity index (χ0n) is 23.5. The highest BCUT2D eigenvalue weighted by atomic mass is 14.7. The molecule has 0 fully saturated rings. The molecule has 1 nitrogen and oxygen atoms in total. The Morgan fingerprint density at radius 2 is 1.00 bits per heavy atom. The largest absolute Gasteiger partial charge is 0.248 e. The normalized spacial score (nSPS) is 13.3. The van der Waals surface area contributed by atoms with Crippen LogP contribution in [0.5, 0.6) is 0 Å². The van der Waals surface area contributed by atoms with Gasteiger partial charge in [0.15, 0.2) is 0 Å². The lowest BCUT2D eigenvalue weighted by Gasteiger charge is -2.34.